The van der Waals surface area contributed by atoms with Crippen molar-refractivity contribution in [3.63, 3.8) is 0 Å². The van der Waals surface area contributed by atoms with E-state index in [1.165, 1.54) is 10.4 Å². The minimum absolute atomic E-state index is 0.699. The Morgan fingerprint density at radius 2 is 2.10 bits per heavy atom. The molecule has 7 heteroatoms. The third kappa shape index (κ3) is 3.68. The van der Waals surface area contributed by atoms with Crippen LogP contribution in [0.1, 0.15) is 22.7 Å². The lowest BCUT2D eigenvalue weighted by Gasteiger charge is -2.15. The van der Waals surface area contributed by atoms with Gasteiger partial charge in [-0.1, -0.05) is 0 Å². The molecule has 0 atom stereocenters. The summed E-state index contributed by atoms with van der Waals surface area (Å²) in [6.07, 6.45) is 0.995. The van der Waals surface area contributed by atoms with Crippen molar-refractivity contribution in [1.29, 1.82) is 0 Å². The van der Waals surface area contributed by atoms with Crippen LogP contribution in [0.2, 0.25) is 0 Å². The lowest BCUT2D eigenvalue weighted by Crippen LogP contribution is -2.22. The summed E-state index contributed by atoms with van der Waals surface area (Å²) in [5.74, 6) is 7.13. The molecule has 0 spiro atoms. The number of methoxy groups -OCH3 is 1. The van der Waals surface area contributed by atoms with Crippen LogP contribution in [0.4, 0.5) is 5.82 Å². The zero-order chi connectivity index (χ0) is 15.4. The third-order valence-electron chi connectivity index (χ3n) is 3.51. The Hall–Kier alpha value is -1.28. The number of nitrogens with zero attached hydrogens (tertiary/aromatic N) is 3. The average Bonchev–Trinajstić information content (AvgIpc) is 2.73. The van der Waals surface area contributed by atoms with E-state index in [4.69, 9.17) is 10.6 Å². The molecule has 0 saturated carbocycles. The fourth-order valence-electron chi connectivity index (χ4n) is 2.27. The van der Waals surface area contributed by atoms with E-state index >= 15 is 0 Å². The minimum atomic E-state index is 0.699. The summed E-state index contributed by atoms with van der Waals surface area (Å²) < 4.78 is 5.07. The van der Waals surface area contributed by atoms with Crippen molar-refractivity contribution in [2.24, 2.45) is 5.84 Å². The van der Waals surface area contributed by atoms with Crippen molar-refractivity contribution in [2.45, 2.75) is 26.8 Å². The second-order valence-corrected chi connectivity index (χ2v) is 6.38. The van der Waals surface area contributed by atoms with E-state index in [-0.39, 0.29) is 0 Å². The number of nitrogens with one attached hydrogen (secondary N) is 1. The number of nitrogen functional groups attached to an aromatic ring is 1. The topological polar surface area (TPSA) is 76.3 Å². The Bertz CT molecular complexity index is 613. The molecule has 0 aromatic carbocycles. The van der Waals surface area contributed by atoms with Gasteiger partial charge < -0.3 is 10.2 Å². The van der Waals surface area contributed by atoms with Crippen LogP contribution in [0.3, 0.4) is 0 Å². The van der Waals surface area contributed by atoms with Gasteiger partial charge in [-0.3, -0.25) is 4.90 Å². The molecule has 0 aliphatic rings. The van der Waals surface area contributed by atoms with Crippen LogP contribution in [-0.2, 0) is 11.3 Å². The Labute approximate surface area is 129 Å². The molecule has 3 N–H and O–H groups in total. The van der Waals surface area contributed by atoms with Crippen LogP contribution in [0, 0.1) is 13.8 Å². The minimum Gasteiger partial charge on any atom is -0.385 e. The van der Waals surface area contributed by atoms with Gasteiger partial charge in [0.15, 0.2) is 5.82 Å². The van der Waals surface area contributed by atoms with Crippen LogP contribution < -0.4 is 11.3 Å². The molecule has 0 amide bonds. The Morgan fingerprint density at radius 3 is 2.76 bits per heavy atom. The second kappa shape index (κ2) is 7.13. The van der Waals surface area contributed by atoms with E-state index in [0.717, 1.165) is 35.6 Å². The highest BCUT2D eigenvalue weighted by atomic mass is 32.1. The van der Waals surface area contributed by atoms with Gasteiger partial charge in [-0.25, -0.2) is 15.8 Å². The number of hydrogen-bond donors (Lipinski definition) is 2. The van der Waals surface area contributed by atoms with Gasteiger partial charge >= 0.3 is 0 Å². The van der Waals surface area contributed by atoms with Gasteiger partial charge in [0.2, 0.25) is 0 Å². The second-order valence-electron chi connectivity index (χ2n) is 5.18. The summed E-state index contributed by atoms with van der Waals surface area (Å²) in [6, 6.07) is 0. The number of aromatic nitrogens is 2. The summed E-state index contributed by atoms with van der Waals surface area (Å²) in [6.45, 7) is 6.59. The van der Waals surface area contributed by atoms with Gasteiger partial charge in [0, 0.05) is 25.1 Å². The number of ether oxygens (including phenoxy) is 1. The number of rotatable bonds is 7. The first-order chi connectivity index (χ1) is 10.1. The average molecular weight is 309 g/mol. The fraction of sp³-hybridized carbons (Fsp3) is 0.571. The van der Waals surface area contributed by atoms with E-state index in [2.05, 4.69) is 41.2 Å². The van der Waals surface area contributed by atoms with E-state index in [0.29, 0.717) is 12.4 Å². The van der Waals surface area contributed by atoms with E-state index in [9.17, 15) is 0 Å². The molecule has 0 aliphatic heterocycles. The molecule has 2 aromatic rings. The number of anilines is 1. The molecule has 0 radical (unpaired) electrons. The molecule has 0 unspecified atom stereocenters. The Kier molecular flexibility index (Phi) is 5.46. The summed E-state index contributed by atoms with van der Waals surface area (Å²) in [7, 11) is 3.78. The van der Waals surface area contributed by atoms with Crippen molar-refractivity contribution < 1.29 is 4.74 Å². The Morgan fingerprint density at radius 1 is 1.33 bits per heavy atom. The lowest BCUT2D eigenvalue weighted by atomic mass is 10.2. The molecular formula is C14H23N5OS. The summed E-state index contributed by atoms with van der Waals surface area (Å²) in [5, 5.41) is 1.03. The smallest absolute Gasteiger partial charge is 0.152 e. The first kappa shape index (κ1) is 16.1. The van der Waals surface area contributed by atoms with Crippen LogP contribution in [0.15, 0.2) is 0 Å². The van der Waals surface area contributed by atoms with Crippen LogP contribution >= 0.6 is 11.3 Å². The van der Waals surface area contributed by atoms with E-state index in [1.54, 1.807) is 18.4 Å². The number of fused-ring (bicyclic) bond motifs is 1. The number of hydrogen-bond acceptors (Lipinski definition) is 7. The Balaban J connectivity index is 2.21. The number of thiophene rings is 1. The highest BCUT2D eigenvalue weighted by molar-refractivity contribution is 7.18. The predicted octanol–water partition coefficient (Wildman–Crippen LogP) is 2.06. The number of aryl methyl sites for hydroxylation is 2. The quantitative estimate of drug-likeness (QED) is 0.463. The molecule has 6 nitrogen and oxygen atoms in total. The maximum absolute atomic E-state index is 5.63. The number of hydrazine groups is 1. The van der Waals surface area contributed by atoms with Gasteiger partial charge in [0.1, 0.15) is 10.7 Å². The van der Waals surface area contributed by atoms with Gasteiger partial charge in [-0.05, 0) is 32.9 Å². The van der Waals surface area contributed by atoms with Crippen LogP contribution in [0.25, 0.3) is 10.2 Å². The summed E-state index contributed by atoms with van der Waals surface area (Å²) in [4.78, 5) is 13.7. The largest absolute Gasteiger partial charge is 0.385 e. The maximum Gasteiger partial charge on any atom is 0.152 e. The molecule has 116 valence electrons. The molecule has 2 rings (SSSR count). The molecule has 21 heavy (non-hydrogen) atoms. The van der Waals surface area contributed by atoms with E-state index < -0.39 is 0 Å². The molecular weight excluding hydrogens is 286 g/mol. The standard InChI is InChI=1S/C14H23N5OS/c1-9-10(2)21-14-12(9)13(18-15)16-11(17-14)8-19(3)6-5-7-20-4/h5-8,15H2,1-4H3,(H,16,17,18). The van der Waals surface area contributed by atoms with Crippen molar-refractivity contribution in [3.8, 4) is 0 Å². The zero-order valence-electron chi connectivity index (χ0n) is 13.1. The van der Waals surface area contributed by atoms with Gasteiger partial charge in [0.25, 0.3) is 0 Å². The molecule has 2 heterocycles. The molecule has 0 fully saturated rings. The van der Waals surface area contributed by atoms with Crippen LogP contribution in [-0.4, -0.2) is 42.2 Å². The normalized spacial score (nSPS) is 11.5. The van der Waals surface area contributed by atoms with Crippen molar-refractivity contribution >= 4 is 27.4 Å². The van der Waals surface area contributed by atoms with Gasteiger partial charge in [0.05, 0.1) is 11.9 Å². The maximum atomic E-state index is 5.63. The SMILES string of the molecule is COCCCN(C)Cc1nc(NN)c2c(C)c(C)sc2n1. The van der Waals surface area contributed by atoms with Gasteiger partial charge in [-0.15, -0.1) is 11.3 Å². The fourth-order valence-corrected chi connectivity index (χ4v) is 3.32. The third-order valence-corrected chi connectivity index (χ3v) is 4.61. The number of nitrogens with two attached hydrogens (primary N) is 1. The first-order valence-electron chi connectivity index (χ1n) is 6.97. The first-order valence-corrected chi connectivity index (χ1v) is 7.79. The van der Waals surface area contributed by atoms with Crippen molar-refractivity contribution in [3.05, 3.63) is 16.3 Å². The van der Waals surface area contributed by atoms with Crippen molar-refractivity contribution in [2.75, 3.05) is 32.7 Å². The lowest BCUT2D eigenvalue weighted by molar-refractivity contribution is 0.177. The highest BCUT2D eigenvalue weighted by Gasteiger charge is 2.14. The molecule has 2 aromatic heterocycles. The predicted molar refractivity (Wildman–Crippen MR) is 87.5 cm³/mol. The summed E-state index contributed by atoms with van der Waals surface area (Å²) in [5.41, 5.74) is 3.90. The van der Waals surface area contributed by atoms with Crippen LogP contribution in [0.5, 0.6) is 0 Å². The van der Waals surface area contributed by atoms with Gasteiger partial charge in [-0.2, -0.15) is 0 Å². The molecule has 0 aliphatic carbocycles. The molecule has 0 bridgehead atoms. The highest BCUT2D eigenvalue weighted by Crippen LogP contribution is 2.32. The zero-order valence-corrected chi connectivity index (χ0v) is 13.9. The van der Waals surface area contributed by atoms with E-state index in [1.807, 2.05) is 0 Å². The van der Waals surface area contributed by atoms with Crippen molar-refractivity contribution in [1.82, 2.24) is 14.9 Å². The summed E-state index contributed by atoms with van der Waals surface area (Å²) >= 11 is 1.69. The molecule has 0 saturated heterocycles. The monoisotopic (exact) mass is 309 g/mol.